The summed E-state index contributed by atoms with van der Waals surface area (Å²) in [6.45, 7) is 4.12. The molecule has 3 nitrogen and oxygen atoms in total. The Bertz CT molecular complexity index is 1070. The zero-order valence-corrected chi connectivity index (χ0v) is 17.8. The van der Waals surface area contributed by atoms with Crippen LogP contribution in [0, 0.1) is 37.4 Å². The molecular formula is C24H26FN3S. The van der Waals surface area contributed by atoms with Gasteiger partial charge in [-0.25, -0.2) is 14.4 Å². The average Bonchev–Trinajstić information content (AvgIpc) is 2.97. The summed E-state index contributed by atoms with van der Waals surface area (Å²) < 4.78 is 13.5. The fourth-order valence-electron chi connectivity index (χ4n) is 6.79. The lowest BCUT2D eigenvalue weighted by Gasteiger charge is -2.57. The van der Waals surface area contributed by atoms with Crippen LogP contribution in [0.25, 0.3) is 21.3 Å². The third kappa shape index (κ3) is 2.89. The molecule has 1 N–H and O–H groups in total. The van der Waals surface area contributed by atoms with E-state index in [0.29, 0.717) is 0 Å². The van der Waals surface area contributed by atoms with Crippen molar-refractivity contribution in [1.82, 2.24) is 9.97 Å². The molecule has 0 saturated heterocycles. The van der Waals surface area contributed by atoms with Crippen molar-refractivity contribution in [2.45, 2.75) is 57.9 Å². The first-order chi connectivity index (χ1) is 14.0. The topological polar surface area (TPSA) is 37.8 Å². The van der Waals surface area contributed by atoms with Crippen molar-refractivity contribution < 1.29 is 4.39 Å². The molecule has 0 radical (unpaired) electrons. The van der Waals surface area contributed by atoms with Gasteiger partial charge in [-0.15, -0.1) is 11.3 Å². The second-order valence-corrected chi connectivity index (χ2v) is 10.9. The first kappa shape index (κ1) is 17.8. The number of halogens is 1. The zero-order chi connectivity index (χ0) is 19.8. The van der Waals surface area contributed by atoms with Gasteiger partial charge in [-0.1, -0.05) is 12.1 Å². The van der Waals surface area contributed by atoms with Crippen LogP contribution in [0.3, 0.4) is 0 Å². The van der Waals surface area contributed by atoms with E-state index in [-0.39, 0.29) is 11.4 Å². The lowest BCUT2D eigenvalue weighted by molar-refractivity contribution is 0.0106. The summed E-state index contributed by atoms with van der Waals surface area (Å²) in [5.41, 5.74) is 2.38. The Hall–Kier alpha value is -2.01. The van der Waals surface area contributed by atoms with Crippen LogP contribution in [0.1, 0.15) is 49.2 Å². The van der Waals surface area contributed by atoms with Crippen molar-refractivity contribution in [3.8, 4) is 11.1 Å². The Morgan fingerprint density at radius 3 is 2.21 bits per heavy atom. The number of hydrogen-bond acceptors (Lipinski definition) is 4. The number of anilines is 1. The minimum absolute atomic E-state index is 0.193. The van der Waals surface area contributed by atoms with E-state index in [0.717, 1.165) is 50.7 Å². The number of aromatic nitrogens is 2. The van der Waals surface area contributed by atoms with Gasteiger partial charge in [-0.3, -0.25) is 0 Å². The normalized spacial score (nSPS) is 30.2. The van der Waals surface area contributed by atoms with Gasteiger partial charge in [-0.05, 0) is 87.8 Å². The predicted molar refractivity (Wildman–Crippen MR) is 117 cm³/mol. The first-order valence-corrected chi connectivity index (χ1v) is 11.6. The number of rotatable bonds is 3. The molecule has 0 spiro atoms. The summed E-state index contributed by atoms with van der Waals surface area (Å²) in [6, 6.07) is 6.83. The molecule has 3 aromatic rings. The number of nitrogens with zero attached hydrogens (tertiary/aromatic N) is 2. The van der Waals surface area contributed by atoms with Crippen LogP contribution in [-0.2, 0) is 0 Å². The molecule has 0 atom stereocenters. The summed E-state index contributed by atoms with van der Waals surface area (Å²) in [5, 5.41) is 5.10. The van der Waals surface area contributed by atoms with Gasteiger partial charge in [0.05, 0.1) is 5.39 Å². The second kappa shape index (κ2) is 6.24. The fourth-order valence-corrected chi connectivity index (χ4v) is 7.88. The zero-order valence-electron chi connectivity index (χ0n) is 17.0. The highest BCUT2D eigenvalue weighted by Gasteiger charge is 2.51. The molecule has 5 heteroatoms. The first-order valence-electron chi connectivity index (χ1n) is 10.8. The SMILES string of the molecule is Cc1nc(NC23CC4CC(CC(C4)C2)C3)c2c(-c3ccc(F)cc3)c(C)sc2n1. The second-order valence-electron chi connectivity index (χ2n) is 9.66. The smallest absolute Gasteiger partial charge is 0.139 e. The molecule has 7 rings (SSSR count). The molecule has 4 fully saturated rings. The lowest BCUT2D eigenvalue weighted by atomic mass is 9.53. The standard InChI is InChI=1S/C24H26FN3S/c1-13-20(18-3-5-19(25)6-4-18)21-22(26-14(2)27-23(21)29-13)28-24-10-15-7-16(11-24)9-17(8-15)12-24/h3-6,15-17H,7-12H2,1-2H3,(H,26,27,28). The van der Waals surface area contributed by atoms with Crippen molar-refractivity contribution in [2.75, 3.05) is 5.32 Å². The van der Waals surface area contributed by atoms with E-state index in [9.17, 15) is 4.39 Å². The maximum Gasteiger partial charge on any atom is 0.139 e. The summed E-state index contributed by atoms with van der Waals surface area (Å²) in [4.78, 5) is 11.9. The molecule has 1 aromatic carbocycles. The minimum atomic E-state index is -0.204. The summed E-state index contributed by atoms with van der Waals surface area (Å²) in [6.07, 6.45) is 8.11. The van der Waals surface area contributed by atoms with Crippen molar-refractivity contribution in [2.24, 2.45) is 17.8 Å². The van der Waals surface area contributed by atoms with Gasteiger partial charge in [0.15, 0.2) is 0 Å². The molecule has 0 unspecified atom stereocenters. The Kier molecular flexibility index (Phi) is 3.83. The number of aryl methyl sites for hydroxylation is 2. The lowest BCUT2D eigenvalue weighted by Crippen LogP contribution is -2.54. The molecule has 2 heterocycles. The minimum Gasteiger partial charge on any atom is -0.364 e. The molecule has 0 aliphatic heterocycles. The number of benzene rings is 1. The highest BCUT2D eigenvalue weighted by molar-refractivity contribution is 7.19. The number of fused-ring (bicyclic) bond motifs is 1. The van der Waals surface area contributed by atoms with E-state index in [4.69, 9.17) is 9.97 Å². The monoisotopic (exact) mass is 407 g/mol. The van der Waals surface area contributed by atoms with Crippen LogP contribution < -0.4 is 5.32 Å². The summed E-state index contributed by atoms with van der Waals surface area (Å²) in [7, 11) is 0. The van der Waals surface area contributed by atoms with Crippen LogP contribution >= 0.6 is 11.3 Å². The van der Waals surface area contributed by atoms with Crippen LogP contribution in [0.15, 0.2) is 24.3 Å². The molecule has 0 amide bonds. The van der Waals surface area contributed by atoms with E-state index in [1.807, 2.05) is 19.1 Å². The maximum atomic E-state index is 13.5. The van der Waals surface area contributed by atoms with Crippen LogP contribution in [0.5, 0.6) is 0 Å². The third-order valence-electron chi connectivity index (χ3n) is 7.39. The molecule has 150 valence electrons. The molecule has 4 aliphatic carbocycles. The van der Waals surface area contributed by atoms with E-state index in [1.54, 1.807) is 23.5 Å². The number of thiophene rings is 1. The molecular weight excluding hydrogens is 381 g/mol. The summed E-state index contributed by atoms with van der Waals surface area (Å²) in [5.74, 6) is 4.24. The fraction of sp³-hybridized carbons (Fsp3) is 0.500. The van der Waals surface area contributed by atoms with Gasteiger partial charge < -0.3 is 5.32 Å². The Balaban J connectivity index is 1.49. The molecule has 2 aromatic heterocycles. The Labute approximate surface area is 174 Å². The molecule has 29 heavy (non-hydrogen) atoms. The summed E-state index contributed by atoms with van der Waals surface area (Å²) >= 11 is 1.71. The highest BCUT2D eigenvalue weighted by Crippen LogP contribution is 2.57. The van der Waals surface area contributed by atoms with Crippen LogP contribution in [0.2, 0.25) is 0 Å². The van der Waals surface area contributed by atoms with Gasteiger partial charge in [0.25, 0.3) is 0 Å². The van der Waals surface area contributed by atoms with E-state index in [2.05, 4.69) is 12.2 Å². The van der Waals surface area contributed by atoms with Gasteiger partial charge in [0, 0.05) is 16.0 Å². The maximum absolute atomic E-state index is 13.5. The Morgan fingerprint density at radius 2 is 1.59 bits per heavy atom. The van der Waals surface area contributed by atoms with E-state index in [1.165, 1.54) is 43.4 Å². The van der Waals surface area contributed by atoms with Crippen molar-refractivity contribution >= 4 is 27.4 Å². The van der Waals surface area contributed by atoms with E-state index >= 15 is 0 Å². The van der Waals surface area contributed by atoms with Crippen LogP contribution in [0.4, 0.5) is 10.2 Å². The average molecular weight is 408 g/mol. The number of nitrogens with one attached hydrogen (secondary N) is 1. The van der Waals surface area contributed by atoms with Crippen molar-refractivity contribution in [3.05, 3.63) is 40.8 Å². The van der Waals surface area contributed by atoms with E-state index < -0.39 is 0 Å². The molecule has 4 aliphatic rings. The highest BCUT2D eigenvalue weighted by atomic mass is 32.1. The van der Waals surface area contributed by atoms with Gasteiger partial charge in [-0.2, -0.15) is 0 Å². The number of hydrogen-bond donors (Lipinski definition) is 1. The molecule has 4 saturated carbocycles. The van der Waals surface area contributed by atoms with Gasteiger partial charge in [0.1, 0.15) is 22.3 Å². The largest absolute Gasteiger partial charge is 0.364 e. The van der Waals surface area contributed by atoms with Gasteiger partial charge >= 0.3 is 0 Å². The van der Waals surface area contributed by atoms with Crippen molar-refractivity contribution in [3.63, 3.8) is 0 Å². The quantitative estimate of drug-likeness (QED) is 0.539. The van der Waals surface area contributed by atoms with Gasteiger partial charge in [0.2, 0.25) is 0 Å². The van der Waals surface area contributed by atoms with Crippen molar-refractivity contribution in [1.29, 1.82) is 0 Å². The third-order valence-corrected chi connectivity index (χ3v) is 8.39. The molecule has 4 bridgehead atoms. The van der Waals surface area contributed by atoms with Crippen LogP contribution in [-0.4, -0.2) is 15.5 Å². The Morgan fingerprint density at radius 1 is 0.966 bits per heavy atom. The predicted octanol–water partition coefficient (Wildman–Crippen LogP) is 6.49.